The van der Waals surface area contributed by atoms with Gasteiger partial charge in [-0.1, -0.05) is 36.4 Å². The predicted molar refractivity (Wildman–Crippen MR) is 192 cm³/mol. The third-order valence-electron chi connectivity index (χ3n) is 8.90. The number of nitrogens with zero attached hydrogens (tertiary/aromatic N) is 3. The molecule has 3 aromatic carbocycles. The normalized spacial score (nSPS) is 17.5. The smallest absolute Gasteiger partial charge is 0.410 e. The molecule has 2 heterocycles. The zero-order valence-corrected chi connectivity index (χ0v) is 30.0. The quantitative estimate of drug-likeness (QED) is 0.157. The van der Waals surface area contributed by atoms with E-state index in [9.17, 15) is 14.4 Å². The average Bonchev–Trinajstić information content (AvgIpc) is 3.11. The second kappa shape index (κ2) is 16.4. The number of carbonyl (C=O) groups is 3. The fraction of sp³-hybridized carbons (Fsp3) is 0.462. The number of anilines is 2. The van der Waals surface area contributed by atoms with Crippen LogP contribution in [0.3, 0.4) is 0 Å². The van der Waals surface area contributed by atoms with Crippen molar-refractivity contribution in [1.82, 2.24) is 4.90 Å². The Bertz CT molecular complexity index is 1640. The van der Waals surface area contributed by atoms with Crippen LogP contribution in [0.15, 0.2) is 66.7 Å². The van der Waals surface area contributed by atoms with Gasteiger partial charge in [-0.2, -0.15) is 0 Å². The average molecular weight is 688 g/mol. The van der Waals surface area contributed by atoms with Crippen molar-refractivity contribution >= 4 is 29.3 Å². The molecule has 268 valence electrons. The van der Waals surface area contributed by atoms with E-state index in [1.165, 1.54) is 0 Å². The highest BCUT2D eigenvalue weighted by molar-refractivity contribution is 6.01. The molecule has 2 aliphatic rings. The van der Waals surface area contributed by atoms with E-state index in [1.807, 2.05) is 88.4 Å². The van der Waals surface area contributed by atoms with Gasteiger partial charge in [0, 0.05) is 52.7 Å². The minimum absolute atomic E-state index is 0.0435. The number of ether oxygens (including phenoxy) is 5. The van der Waals surface area contributed by atoms with Crippen molar-refractivity contribution < 1.29 is 38.1 Å². The number of piperidine rings is 1. The molecule has 0 bridgehead atoms. The zero-order valence-electron chi connectivity index (χ0n) is 30.0. The Morgan fingerprint density at radius 1 is 0.980 bits per heavy atom. The Morgan fingerprint density at radius 2 is 1.76 bits per heavy atom. The lowest BCUT2D eigenvalue weighted by Crippen LogP contribution is -2.51. The van der Waals surface area contributed by atoms with E-state index in [0.29, 0.717) is 62.0 Å². The molecule has 50 heavy (non-hydrogen) atoms. The van der Waals surface area contributed by atoms with Crippen LogP contribution in [0.25, 0.3) is 11.1 Å². The highest BCUT2D eigenvalue weighted by atomic mass is 16.7. The maximum Gasteiger partial charge on any atom is 0.410 e. The van der Waals surface area contributed by atoms with Crippen molar-refractivity contribution in [3.8, 4) is 22.6 Å². The van der Waals surface area contributed by atoms with Crippen LogP contribution in [-0.4, -0.2) is 88.8 Å². The first-order valence-corrected chi connectivity index (χ1v) is 17.2. The Hall–Kier alpha value is -4.61. The van der Waals surface area contributed by atoms with Gasteiger partial charge in [-0.15, -0.1) is 0 Å². The molecule has 11 nitrogen and oxygen atoms in total. The molecule has 0 saturated carbocycles. The second-order valence-corrected chi connectivity index (χ2v) is 13.6. The Labute approximate surface area is 295 Å². The third kappa shape index (κ3) is 8.75. The Kier molecular flexibility index (Phi) is 12.0. The topological polar surface area (TPSA) is 107 Å². The summed E-state index contributed by atoms with van der Waals surface area (Å²) >= 11 is 0. The van der Waals surface area contributed by atoms with E-state index in [4.69, 9.17) is 23.7 Å². The summed E-state index contributed by atoms with van der Waals surface area (Å²) in [4.78, 5) is 46.2. The van der Waals surface area contributed by atoms with Crippen molar-refractivity contribution in [2.24, 2.45) is 5.92 Å². The number of fused-ring (bicyclic) bond motifs is 1. The van der Waals surface area contributed by atoms with Crippen LogP contribution in [0.4, 0.5) is 16.2 Å². The molecule has 0 unspecified atom stereocenters. The van der Waals surface area contributed by atoms with Gasteiger partial charge in [0.05, 0.1) is 11.6 Å². The van der Waals surface area contributed by atoms with Gasteiger partial charge in [-0.3, -0.25) is 9.59 Å². The van der Waals surface area contributed by atoms with Crippen LogP contribution in [-0.2, 0) is 23.8 Å². The van der Waals surface area contributed by atoms with E-state index >= 15 is 0 Å². The lowest BCUT2D eigenvalue weighted by atomic mass is 9.78. The number of rotatable bonds is 12. The number of carbonyl (C=O) groups excluding carboxylic acids is 3. The molecule has 1 fully saturated rings. The first-order valence-electron chi connectivity index (χ1n) is 17.2. The highest BCUT2D eigenvalue weighted by Gasteiger charge is 2.41. The van der Waals surface area contributed by atoms with Crippen molar-refractivity contribution in [3.63, 3.8) is 0 Å². The predicted octanol–water partition coefficient (Wildman–Crippen LogP) is 6.49. The highest BCUT2D eigenvalue weighted by Crippen LogP contribution is 2.41. The van der Waals surface area contributed by atoms with Gasteiger partial charge in [0.2, 0.25) is 5.91 Å². The van der Waals surface area contributed by atoms with E-state index in [-0.39, 0.29) is 37.7 Å². The molecule has 11 heteroatoms. The summed E-state index contributed by atoms with van der Waals surface area (Å²) in [7, 11) is 3.20. The lowest BCUT2D eigenvalue weighted by Gasteiger charge is -2.40. The molecular formula is C39H49N3O8. The fourth-order valence-electron chi connectivity index (χ4n) is 6.57. The van der Waals surface area contributed by atoms with E-state index in [1.54, 1.807) is 28.9 Å². The molecule has 0 aliphatic carbocycles. The second-order valence-electron chi connectivity index (χ2n) is 13.6. The monoisotopic (exact) mass is 687 g/mol. The summed E-state index contributed by atoms with van der Waals surface area (Å²) in [6.45, 7) is 9.40. The minimum Gasteiger partial charge on any atom is -0.482 e. The molecule has 2 aliphatic heterocycles. The largest absolute Gasteiger partial charge is 0.482 e. The zero-order chi connectivity index (χ0) is 35.8. The van der Waals surface area contributed by atoms with Crippen LogP contribution in [0, 0.1) is 5.92 Å². The minimum atomic E-state index is -0.682. The Balaban J connectivity index is 1.53. The molecule has 3 aromatic rings. The molecular weight excluding hydrogens is 638 g/mol. The SMILES string of the molecule is CCN(C(=O)[C@H]1CN(C(=O)OC(C)(C)C)CC[C@@H]1c1cc(OCOC)cc(-c2ccccc2)c1)c1ccc2c(c1)N(CCCOC)C(=O)CO2. The summed E-state index contributed by atoms with van der Waals surface area (Å²) in [5.74, 6) is 0.0852. The van der Waals surface area contributed by atoms with E-state index in [0.717, 1.165) is 16.7 Å². The number of hydrogen-bond donors (Lipinski definition) is 0. The summed E-state index contributed by atoms with van der Waals surface area (Å²) in [6, 6.07) is 21.6. The third-order valence-corrected chi connectivity index (χ3v) is 8.90. The fourth-order valence-corrected chi connectivity index (χ4v) is 6.57. The summed E-state index contributed by atoms with van der Waals surface area (Å²) in [5.41, 5.74) is 3.48. The van der Waals surface area contributed by atoms with Gasteiger partial charge in [-0.25, -0.2) is 4.79 Å². The van der Waals surface area contributed by atoms with E-state index < -0.39 is 17.6 Å². The molecule has 0 aromatic heterocycles. The number of hydrogen-bond acceptors (Lipinski definition) is 8. The summed E-state index contributed by atoms with van der Waals surface area (Å²) in [6.07, 6.45) is 0.745. The van der Waals surface area contributed by atoms with Crippen LogP contribution < -0.4 is 19.3 Å². The van der Waals surface area contributed by atoms with Crippen LogP contribution in [0.1, 0.15) is 52.0 Å². The standard InChI is InChI=1S/C39H49N3O8/c1-7-41(30-14-15-35-34(23-30)42(17-11-19-46-5)36(43)25-48-35)37(44)33-24-40(38(45)50-39(2,3)4)18-16-32(33)29-20-28(27-12-9-8-10-13-27)21-31(22-29)49-26-47-6/h8-10,12-15,20-23,32-33H,7,11,16-19,24-26H2,1-6H3/t32-,33+/m1/s1. The molecule has 1 saturated heterocycles. The van der Waals surface area contributed by atoms with Gasteiger partial charge in [0.15, 0.2) is 13.4 Å². The number of likely N-dealkylation sites (tertiary alicyclic amines) is 1. The van der Waals surface area contributed by atoms with Crippen molar-refractivity contribution in [2.75, 3.05) is 70.2 Å². The number of methoxy groups -OCH3 is 2. The van der Waals surface area contributed by atoms with Gasteiger partial charge in [0.1, 0.15) is 17.1 Å². The number of benzene rings is 3. The van der Waals surface area contributed by atoms with Crippen molar-refractivity contribution in [2.45, 2.75) is 52.1 Å². The maximum atomic E-state index is 14.9. The van der Waals surface area contributed by atoms with Crippen molar-refractivity contribution in [1.29, 1.82) is 0 Å². The van der Waals surface area contributed by atoms with E-state index in [2.05, 4.69) is 6.07 Å². The molecule has 0 radical (unpaired) electrons. The Morgan fingerprint density at radius 3 is 2.46 bits per heavy atom. The van der Waals surface area contributed by atoms with Gasteiger partial charge < -0.3 is 38.4 Å². The van der Waals surface area contributed by atoms with Gasteiger partial charge in [-0.05, 0) is 93.5 Å². The first kappa shape index (κ1) is 36.7. The van der Waals surface area contributed by atoms with Crippen LogP contribution in [0.2, 0.25) is 0 Å². The molecule has 0 spiro atoms. The number of amides is 3. The summed E-state index contributed by atoms with van der Waals surface area (Å²) < 4.78 is 27.9. The van der Waals surface area contributed by atoms with Crippen LogP contribution in [0.5, 0.6) is 11.5 Å². The molecule has 5 rings (SSSR count). The first-order chi connectivity index (χ1) is 24.0. The van der Waals surface area contributed by atoms with Crippen molar-refractivity contribution in [3.05, 3.63) is 72.3 Å². The summed E-state index contributed by atoms with van der Waals surface area (Å²) in [5, 5.41) is 0. The molecule has 2 atom stereocenters. The van der Waals surface area contributed by atoms with Crippen LogP contribution >= 0.6 is 0 Å². The lowest BCUT2D eigenvalue weighted by molar-refractivity contribution is -0.124. The molecule has 3 amide bonds. The molecule has 0 N–H and O–H groups in total. The van der Waals surface area contributed by atoms with Gasteiger partial charge in [0.25, 0.3) is 5.91 Å². The maximum absolute atomic E-state index is 14.9. The van der Waals surface area contributed by atoms with Gasteiger partial charge >= 0.3 is 6.09 Å².